The Labute approximate surface area is 82.6 Å². The van der Waals surface area contributed by atoms with Gasteiger partial charge in [0.25, 0.3) is 0 Å². The zero-order chi connectivity index (χ0) is 9.94. The lowest BCUT2D eigenvalue weighted by Gasteiger charge is -1.99. The quantitative estimate of drug-likeness (QED) is 0.351. The highest BCUT2D eigenvalue weighted by molar-refractivity contribution is 5.80. The molecule has 0 rings (SSSR count). The number of amidine groups is 1. The Morgan fingerprint density at radius 2 is 1.69 bits per heavy atom. The predicted molar refractivity (Wildman–Crippen MR) is 60.2 cm³/mol. The van der Waals surface area contributed by atoms with Crippen LogP contribution in [0, 0.1) is 0 Å². The summed E-state index contributed by atoms with van der Waals surface area (Å²) in [5.41, 5.74) is 5.68. The third-order valence-corrected chi connectivity index (χ3v) is 2.08. The summed E-state index contributed by atoms with van der Waals surface area (Å²) in [5, 5.41) is 0. The van der Waals surface area contributed by atoms with Crippen LogP contribution in [0.15, 0.2) is 4.99 Å². The summed E-state index contributed by atoms with van der Waals surface area (Å²) in [6, 6.07) is 0. The molecule has 78 valence electrons. The van der Waals surface area contributed by atoms with Crippen molar-refractivity contribution in [1.82, 2.24) is 0 Å². The molecule has 0 spiro atoms. The SMILES string of the molecule is CCCCCCC/N=C(/N)CCC. The van der Waals surface area contributed by atoms with Crippen molar-refractivity contribution in [2.45, 2.75) is 58.8 Å². The summed E-state index contributed by atoms with van der Waals surface area (Å²) in [6.45, 7) is 5.29. The first-order valence-corrected chi connectivity index (χ1v) is 5.60. The van der Waals surface area contributed by atoms with Crippen LogP contribution in [0.4, 0.5) is 0 Å². The monoisotopic (exact) mass is 184 g/mol. The van der Waals surface area contributed by atoms with E-state index in [1.54, 1.807) is 0 Å². The molecule has 0 aromatic rings. The van der Waals surface area contributed by atoms with Gasteiger partial charge in [-0.2, -0.15) is 0 Å². The molecule has 0 fully saturated rings. The molecule has 0 aliphatic rings. The standard InChI is InChI=1S/C11H24N2/c1-3-5-6-7-8-10-13-11(12)9-4-2/h3-10H2,1-2H3,(H2,12,13). The second-order valence-electron chi connectivity index (χ2n) is 3.54. The van der Waals surface area contributed by atoms with Crippen LogP contribution in [0.1, 0.15) is 58.8 Å². The molecule has 0 aromatic carbocycles. The van der Waals surface area contributed by atoms with Crippen LogP contribution in [0.3, 0.4) is 0 Å². The van der Waals surface area contributed by atoms with Gasteiger partial charge in [0.05, 0.1) is 5.84 Å². The fraction of sp³-hybridized carbons (Fsp3) is 0.909. The lowest BCUT2D eigenvalue weighted by Crippen LogP contribution is -2.11. The summed E-state index contributed by atoms with van der Waals surface area (Å²) in [7, 11) is 0. The van der Waals surface area contributed by atoms with Crippen molar-refractivity contribution in [3.63, 3.8) is 0 Å². The van der Waals surface area contributed by atoms with Crippen molar-refractivity contribution in [1.29, 1.82) is 0 Å². The molecule has 0 saturated carbocycles. The van der Waals surface area contributed by atoms with E-state index in [4.69, 9.17) is 5.73 Å². The van der Waals surface area contributed by atoms with Crippen molar-refractivity contribution in [2.24, 2.45) is 10.7 Å². The van der Waals surface area contributed by atoms with E-state index in [9.17, 15) is 0 Å². The first kappa shape index (κ1) is 12.5. The average Bonchev–Trinajstić information content (AvgIpc) is 2.11. The van der Waals surface area contributed by atoms with Crippen molar-refractivity contribution in [3.8, 4) is 0 Å². The van der Waals surface area contributed by atoms with Gasteiger partial charge in [-0.25, -0.2) is 0 Å². The molecule has 0 bridgehead atoms. The minimum Gasteiger partial charge on any atom is -0.387 e. The average molecular weight is 184 g/mol. The topological polar surface area (TPSA) is 38.4 Å². The van der Waals surface area contributed by atoms with Crippen molar-refractivity contribution in [3.05, 3.63) is 0 Å². The Bertz CT molecular complexity index is 130. The van der Waals surface area contributed by atoms with Gasteiger partial charge in [0.1, 0.15) is 0 Å². The third-order valence-electron chi connectivity index (χ3n) is 2.08. The van der Waals surface area contributed by atoms with Crippen LogP contribution in [-0.2, 0) is 0 Å². The van der Waals surface area contributed by atoms with E-state index in [-0.39, 0.29) is 0 Å². The van der Waals surface area contributed by atoms with Crippen LogP contribution in [0.25, 0.3) is 0 Å². The van der Waals surface area contributed by atoms with Gasteiger partial charge in [-0.05, 0) is 12.8 Å². The van der Waals surface area contributed by atoms with E-state index in [0.29, 0.717) is 0 Å². The Balaban J connectivity index is 3.18. The summed E-state index contributed by atoms with van der Waals surface area (Å²) in [5.74, 6) is 0.831. The molecule has 0 atom stereocenters. The number of nitrogens with zero attached hydrogens (tertiary/aromatic N) is 1. The maximum absolute atomic E-state index is 5.68. The minimum absolute atomic E-state index is 0.831. The smallest absolute Gasteiger partial charge is 0.0936 e. The van der Waals surface area contributed by atoms with E-state index in [1.165, 1.54) is 32.1 Å². The van der Waals surface area contributed by atoms with Gasteiger partial charge in [0, 0.05) is 13.0 Å². The van der Waals surface area contributed by atoms with E-state index >= 15 is 0 Å². The molecule has 0 unspecified atom stereocenters. The molecule has 0 radical (unpaired) electrons. The van der Waals surface area contributed by atoms with E-state index < -0.39 is 0 Å². The molecule has 0 aliphatic heterocycles. The fourth-order valence-electron chi connectivity index (χ4n) is 1.27. The van der Waals surface area contributed by atoms with Gasteiger partial charge in [-0.1, -0.05) is 39.5 Å². The third kappa shape index (κ3) is 9.38. The molecule has 0 aromatic heterocycles. The number of rotatable bonds is 8. The second-order valence-corrected chi connectivity index (χ2v) is 3.54. The van der Waals surface area contributed by atoms with Gasteiger partial charge in [-0.3, -0.25) is 4.99 Å². The highest BCUT2D eigenvalue weighted by Crippen LogP contribution is 2.02. The first-order chi connectivity index (χ1) is 6.31. The van der Waals surface area contributed by atoms with Gasteiger partial charge in [-0.15, -0.1) is 0 Å². The zero-order valence-corrected chi connectivity index (χ0v) is 9.18. The number of hydrogen-bond acceptors (Lipinski definition) is 1. The summed E-state index contributed by atoms with van der Waals surface area (Å²) in [6.07, 6.45) is 8.57. The second kappa shape index (κ2) is 9.56. The predicted octanol–water partition coefficient (Wildman–Crippen LogP) is 3.11. The van der Waals surface area contributed by atoms with Crippen LogP contribution in [0.5, 0.6) is 0 Å². The maximum Gasteiger partial charge on any atom is 0.0936 e. The lowest BCUT2D eigenvalue weighted by atomic mass is 10.1. The molecular formula is C11H24N2. The molecule has 2 N–H and O–H groups in total. The highest BCUT2D eigenvalue weighted by Gasteiger charge is 1.90. The van der Waals surface area contributed by atoms with Gasteiger partial charge in [0.15, 0.2) is 0 Å². The fourth-order valence-corrected chi connectivity index (χ4v) is 1.27. The van der Waals surface area contributed by atoms with Gasteiger partial charge in [0.2, 0.25) is 0 Å². The zero-order valence-electron chi connectivity index (χ0n) is 9.18. The van der Waals surface area contributed by atoms with E-state index in [1.807, 2.05) is 0 Å². The Kier molecular flexibility index (Phi) is 9.17. The Hall–Kier alpha value is -0.530. The normalized spacial score (nSPS) is 12.0. The molecular weight excluding hydrogens is 160 g/mol. The van der Waals surface area contributed by atoms with Gasteiger partial charge >= 0.3 is 0 Å². The minimum atomic E-state index is 0.831. The van der Waals surface area contributed by atoms with Crippen molar-refractivity contribution in [2.75, 3.05) is 6.54 Å². The van der Waals surface area contributed by atoms with Crippen LogP contribution in [0.2, 0.25) is 0 Å². The summed E-state index contributed by atoms with van der Waals surface area (Å²) in [4.78, 5) is 4.31. The Morgan fingerprint density at radius 1 is 1.00 bits per heavy atom. The van der Waals surface area contributed by atoms with Gasteiger partial charge < -0.3 is 5.73 Å². The van der Waals surface area contributed by atoms with Crippen molar-refractivity contribution >= 4 is 5.84 Å². The van der Waals surface area contributed by atoms with Crippen LogP contribution >= 0.6 is 0 Å². The van der Waals surface area contributed by atoms with E-state index in [2.05, 4.69) is 18.8 Å². The van der Waals surface area contributed by atoms with Crippen molar-refractivity contribution < 1.29 is 0 Å². The highest BCUT2D eigenvalue weighted by atomic mass is 14.8. The number of nitrogens with two attached hydrogens (primary N) is 1. The van der Waals surface area contributed by atoms with Crippen LogP contribution < -0.4 is 5.73 Å². The lowest BCUT2D eigenvalue weighted by molar-refractivity contribution is 0.638. The Morgan fingerprint density at radius 3 is 2.31 bits per heavy atom. The molecule has 13 heavy (non-hydrogen) atoms. The molecule has 2 nitrogen and oxygen atoms in total. The molecule has 0 aliphatic carbocycles. The van der Waals surface area contributed by atoms with E-state index in [0.717, 1.165) is 25.2 Å². The number of aliphatic imine (C=N–C) groups is 1. The number of hydrogen-bond donors (Lipinski definition) is 1. The largest absolute Gasteiger partial charge is 0.387 e. The molecule has 0 amide bonds. The molecule has 2 heteroatoms. The number of unbranched alkanes of at least 4 members (excludes halogenated alkanes) is 4. The summed E-state index contributed by atoms with van der Waals surface area (Å²) >= 11 is 0. The summed E-state index contributed by atoms with van der Waals surface area (Å²) < 4.78 is 0. The maximum atomic E-state index is 5.68. The first-order valence-electron chi connectivity index (χ1n) is 5.60. The molecule has 0 saturated heterocycles. The molecule has 0 heterocycles. The van der Waals surface area contributed by atoms with Crippen LogP contribution in [-0.4, -0.2) is 12.4 Å².